The highest BCUT2D eigenvalue weighted by atomic mass is 35.5. The zero-order valence-corrected chi connectivity index (χ0v) is 28.0. The fourth-order valence-corrected chi connectivity index (χ4v) is 5.58. The topological polar surface area (TPSA) is 92.1 Å². The number of nitrogens with one attached hydrogen (secondary N) is 1. The summed E-state index contributed by atoms with van der Waals surface area (Å²) in [5.74, 6) is 5.74. The number of rotatable bonds is 5. The second-order valence-electron chi connectivity index (χ2n) is 12.8. The van der Waals surface area contributed by atoms with Gasteiger partial charge < -0.3 is 15.0 Å². The molecule has 1 saturated heterocycles. The Morgan fingerprint density at radius 1 is 1.04 bits per heavy atom. The first kappa shape index (κ1) is 34.7. The highest BCUT2D eigenvalue weighted by Gasteiger charge is 2.35. The molecule has 2 aromatic carbocycles. The summed E-state index contributed by atoms with van der Waals surface area (Å²) in [5, 5.41) is 11.2. The molecule has 0 atom stereocenters. The second-order valence-corrected chi connectivity index (χ2v) is 13.2. The summed E-state index contributed by atoms with van der Waals surface area (Å²) in [6.45, 7) is 8.35. The summed E-state index contributed by atoms with van der Waals surface area (Å²) in [5.41, 5.74) is 0.854. The number of piperidine rings is 1. The van der Waals surface area contributed by atoms with E-state index in [1.54, 1.807) is 73.6 Å². The second kappa shape index (κ2) is 13.9. The number of hydrogen-bond acceptors (Lipinski definition) is 6. The lowest BCUT2D eigenvalue weighted by Crippen LogP contribution is -2.46. The molecule has 0 bridgehead atoms. The Hall–Kier alpha value is -4.60. The largest absolute Gasteiger partial charge is 0.444 e. The number of amides is 2. The maximum atomic E-state index is 14.2. The predicted molar refractivity (Wildman–Crippen MR) is 177 cm³/mol. The molecule has 1 fully saturated rings. The minimum absolute atomic E-state index is 0.0220. The molecule has 0 spiro atoms. The number of benzene rings is 2. The Morgan fingerprint density at radius 3 is 2.46 bits per heavy atom. The van der Waals surface area contributed by atoms with Crippen molar-refractivity contribution in [2.45, 2.75) is 64.9 Å². The lowest BCUT2D eigenvalue weighted by atomic mass is 10.0. The van der Waals surface area contributed by atoms with Crippen LogP contribution in [0.3, 0.4) is 0 Å². The summed E-state index contributed by atoms with van der Waals surface area (Å²) >= 11 is 6.09. The Bertz CT molecular complexity index is 1900. The van der Waals surface area contributed by atoms with E-state index in [0.29, 0.717) is 48.0 Å². The van der Waals surface area contributed by atoms with Crippen LogP contribution >= 0.6 is 11.6 Å². The predicted octanol–water partition coefficient (Wildman–Crippen LogP) is 7.19. The van der Waals surface area contributed by atoms with Gasteiger partial charge in [-0.15, -0.1) is 10.2 Å². The molecule has 1 aliphatic heterocycles. The van der Waals surface area contributed by atoms with E-state index < -0.39 is 29.3 Å². The van der Waals surface area contributed by atoms with E-state index in [-0.39, 0.29) is 29.4 Å². The maximum absolute atomic E-state index is 14.2. The van der Waals surface area contributed by atoms with Crippen LogP contribution in [0.1, 0.15) is 72.0 Å². The number of ether oxygens (including phenoxy) is 1. The Kier molecular flexibility index (Phi) is 10.0. The Labute approximate surface area is 282 Å². The van der Waals surface area contributed by atoms with Crippen molar-refractivity contribution in [2.75, 3.05) is 25.5 Å². The van der Waals surface area contributed by atoms with E-state index in [1.165, 1.54) is 12.1 Å². The smallest absolute Gasteiger partial charge is 0.416 e. The fourth-order valence-electron chi connectivity index (χ4n) is 5.42. The van der Waals surface area contributed by atoms with Crippen molar-refractivity contribution in [1.82, 2.24) is 24.4 Å². The quantitative estimate of drug-likeness (QED) is 0.224. The van der Waals surface area contributed by atoms with Crippen molar-refractivity contribution in [2.24, 2.45) is 0 Å². The summed E-state index contributed by atoms with van der Waals surface area (Å²) < 4.78 is 49.8. The molecular formula is C35H36ClF3N6O3. The van der Waals surface area contributed by atoms with E-state index in [9.17, 15) is 22.8 Å². The monoisotopic (exact) mass is 680 g/mol. The van der Waals surface area contributed by atoms with Crippen molar-refractivity contribution in [3.05, 3.63) is 93.4 Å². The van der Waals surface area contributed by atoms with E-state index in [0.717, 1.165) is 11.6 Å². The number of halogens is 4. The van der Waals surface area contributed by atoms with Gasteiger partial charge in [-0.2, -0.15) is 13.2 Å². The highest BCUT2D eigenvalue weighted by molar-refractivity contribution is 6.30. The van der Waals surface area contributed by atoms with Gasteiger partial charge in [-0.05, 0) is 94.0 Å². The number of carbonyl (C=O) groups excluding carboxylic acids is 2. The molecule has 0 radical (unpaired) electrons. The number of hydrogen-bond donors (Lipinski definition) is 1. The van der Waals surface area contributed by atoms with Gasteiger partial charge in [0.15, 0.2) is 5.65 Å². The van der Waals surface area contributed by atoms with Crippen LogP contribution in [0.4, 0.5) is 23.7 Å². The molecule has 9 nitrogen and oxygen atoms in total. The summed E-state index contributed by atoms with van der Waals surface area (Å²) in [7, 11) is 1.69. The van der Waals surface area contributed by atoms with Gasteiger partial charge in [0, 0.05) is 55.7 Å². The summed E-state index contributed by atoms with van der Waals surface area (Å²) in [6.07, 6.45) is -2.18. The number of fused-ring (bicyclic) bond motifs is 1. The van der Waals surface area contributed by atoms with Gasteiger partial charge >= 0.3 is 12.3 Å². The van der Waals surface area contributed by atoms with Gasteiger partial charge in [0.1, 0.15) is 5.60 Å². The van der Waals surface area contributed by atoms with Crippen molar-refractivity contribution in [3.63, 3.8) is 0 Å². The van der Waals surface area contributed by atoms with Crippen LogP contribution in [-0.4, -0.2) is 68.2 Å². The summed E-state index contributed by atoms with van der Waals surface area (Å²) in [6, 6.07) is 12.1. The number of likely N-dealkylation sites (tertiary alicyclic amines) is 1. The molecule has 3 heterocycles. The maximum Gasteiger partial charge on any atom is 0.416 e. The third-order valence-electron chi connectivity index (χ3n) is 8.03. The standard InChI is InChI=1S/C35H36ClF3N6O3/c1-22-6-7-24(18-23(22)9-12-30-41-42-31-13-10-26(36)21-45(30)31)32(46)40-27-11-8-25(29(19-27)35(37,38)39)20-44-16-14-28(15-17-44)43(5)33(47)48-34(2,3)4/h6-8,10-11,13,18-19,21,28H,14-17,20H2,1-5H3,(H,40,46). The number of aromatic nitrogens is 3. The van der Waals surface area contributed by atoms with Crippen molar-refractivity contribution in [1.29, 1.82) is 0 Å². The van der Waals surface area contributed by atoms with Crippen LogP contribution in [0.25, 0.3) is 5.65 Å². The minimum atomic E-state index is -4.63. The zero-order valence-electron chi connectivity index (χ0n) is 27.3. The number of pyridine rings is 1. The van der Waals surface area contributed by atoms with Crippen molar-refractivity contribution < 1.29 is 27.5 Å². The van der Waals surface area contributed by atoms with Gasteiger partial charge in [0.05, 0.1) is 10.6 Å². The third kappa shape index (κ3) is 8.45. The molecule has 13 heteroatoms. The van der Waals surface area contributed by atoms with Crippen LogP contribution in [0.5, 0.6) is 0 Å². The van der Waals surface area contributed by atoms with Gasteiger partial charge in [-0.1, -0.05) is 29.7 Å². The van der Waals surface area contributed by atoms with E-state index >= 15 is 0 Å². The first-order valence-electron chi connectivity index (χ1n) is 15.4. The van der Waals surface area contributed by atoms with E-state index in [1.807, 2.05) is 11.8 Å². The van der Waals surface area contributed by atoms with E-state index in [4.69, 9.17) is 16.3 Å². The average Bonchev–Trinajstić information content (AvgIpc) is 3.41. The molecule has 0 aliphatic carbocycles. The number of nitrogens with zero attached hydrogens (tertiary/aromatic N) is 5. The Balaban J connectivity index is 1.26. The molecule has 1 N–H and O–H groups in total. The van der Waals surface area contributed by atoms with E-state index in [2.05, 4.69) is 27.4 Å². The normalized spacial score (nSPS) is 14.4. The third-order valence-corrected chi connectivity index (χ3v) is 8.25. The van der Waals surface area contributed by atoms with Crippen LogP contribution in [0.15, 0.2) is 54.7 Å². The number of carbonyl (C=O) groups is 2. The van der Waals surface area contributed by atoms with Crippen LogP contribution < -0.4 is 5.32 Å². The molecule has 2 aromatic heterocycles. The number of alkyl halides is 3. The average molecular weight is 681 g/mol. The van der Waals surface area contributed by atoms with Crippen LogP contribution in [0.2, 0.25) is 5.02 Å². The number of anilines is 1. The van der Waals surface area contributed by atoms with Gasteiger partial charge in [-0.25, -0.2) is 4.79 Å². The first-order valence-corrected chi connectivity index (χ1v) is 15.8. The molecule has 0 saturated carbocycles. The summed E-state index contributed by atoms with van der Waals surface area (Å²) in [4.78, 5) is 29.1. The molecule has 2 amide bonds. The molecule has 0 unspecified atom stereocenters. The number of aryl methyl sites for hydroxylation is 1. The van der Waals surface area contributed by atoms with Gasteiger partial charge in [0.2, 0.25) is 5.82 Å². The lowest BCUT2D eigenvalue weighted by Gasteiger charge is -2.37. The van der Waals surface area contributed by atoms with Gasteiger partial charge in [0.25, 0.3) is 5.91 Å². The molecule has 48 heavy (non-hydrogen) atoms. The molecule has 5 rings (SSSR count). The van der Waals surface area contributed by atoms with Crippen molar-refractivity contribution in [3.8, 4) is 11.8 Å². The van der Waals surface area contributed by atoms with Crippen LogP contribution in [0, 0.1) is 18.8 Å². The zero-order chi connectivity index (χ0) is 34.8. The van der Waals surface area contributed by atoms with Crippen molar-refractivity contribution >= 4 is 34.9 Å². The first-order chi connectivity index (χ1) is 22.6. The molecular weight excluding hydrogens is 645 g/mol. The molecule has 4 aromatic rings. The van der Waals surface area contributed by atoms with Gasteiger partial charge in [-0.3, -0.25) is 14.1 Å². The molecule has 1 aliphatic rings. The lowest BCUT2D eigenvalue weighted by molar-refractivity contribution is -0.138. The minimum Gasteiger partial charge on any atom is -0.444 e. The molecule has 252 valence electrons. The highest BCUT2D eigenvalue weighted by Crippen LogP contribution is 2.35. The SMILES string of the molecule is Cc1ccc(C(=O)Nc2ccc(CN3CCC(N(C)C(=O)OC(C)(C)C)CC3)c(C(F)(F)F)c2)cc1C#Cc1nnc2ccc(Cl)cn12. The fraction of sp³-hybridized carbons (Fsp3) is 0.371. The Morgan fingerprint density at radius 2 is 1.77 bits per heavy atom. The van der Waals surface area contributed by atoms with Crippen LogP contribution in [-0.2, 0) is 17.5 Å².